The maximum absolute atomic E-state index is 12.8. The number of nitrogens with zero attached hydrogens (tertiary/aromatic N) is 1. The number of pyridine rings is 1. The average molecular weight is 457 g/mol. The summed E-state index contributed by atoms with van der Waals surface area (Å²) in [4.78, 5) is 29.2. The van der Waals surface area contributed by atoms with Gasteiger partial charge in [-0.3, -0.25) is 4.79 Å². The number of ether oxygens (including phenoxy) is 3. The smallest absolute Gasteiger partial charge is 0.328 e. The quantitative estimate of drug-likeness (QED) is 0.552. The summed E-state index contributed by atoms with van der Waals surface area (Å²) in [7, 11) is 1.37. The van der Waals surface area contributed by atoms with Gasteiger partial charge in [0.05, 0.1) is 7.11 Å². The van der Waals surface area contributed by atoms with E-state index in [1.165, 1.54) is 32.7 Å². The molecular weight excluding hydrogens is 424 g/mol. The third-order valence-corrected chi connectivity index (χ3v) is 5.92. The van der Waals surface area contributed by atoms with Gasteiger partial charge in [0, 0.05) is 12.3 Å². The first kappa shape index (κ1) is 24.4. The molecule has 0 unspecified atom stereocenters. The maximum atomic E-state index is 12.8. The number of esters is 1. The fourth-order valence-corrected chi connectivity index (χ4v) is 4.14. The first-order chi connectivity index (χ1) is 15.9. The van der Waals surface area contributed by atoms with Crippen molar-refractivity contribution < 1.29 is 28.9 Å². The molecule has 1 amide bonds. The molecule has 8 nitrogen and oxygen atoms in total. The van der Waals surface area contributed by atoms with Crippen LogP contribution in [0.4, 0.5) is 0 Å². The van der Waals surface area contributed by atoms with Crippen LogP contribution in [0.2, 0.25) is 0 Å². The van der Waals surface area contributed by atoms with E-state index in [4.69, 9.17) is 14.2 Å². The summed E-state index contributed by atoms with van der Waals surface area (Å²) >= 11 is 0. The van der Waals surface area contributed by atoms with Crippen LogP contribution in [0.1, 0.15) is 56.4 Å². The molecular formula is C25H32N2O6. The highest BCUT2D eigenvalue weighted by molar-refractivity contribution is 5.97. The molecule has 1 heterocycles. The number of para-hydroxylation sites is 1. The summed E-state index contributed by atoms with van der Waals surface area (Å²) in [5, 5.41) is 12.7. The minimum atomic E-state index is -0.948. The second kappa shape index (κ2) is 11.5. The molecule has 0 spiro atoms. The highest BCUT2D eigenvalue weighted by Gasteiger charge is 2.33. The van der Waals surface area contributed by atoms with E-state index in [0.29, 0.717) is 0 Å². The lowest BCUT2D eigenvalue weighted by molar-refractivity contribution is -0.156. The third kappa shape index (κ3) is 6.37. The van der Waals surface area contributed by atoms with E-state index >= 15 is 0 Å². The van der Waals surface area contributed by atoms with Gasteiger partial charge in [-0.15, -0.1) is 0 Å². The third-order valence-electron chi connectivity index (χ3n) is 5.92. The van der Waals surface area contributed by atoms with Gasteiger partial charge in [-0.2, -0.15) is 0 Å². The Bertz CT molecular complexity index is 930. The highest BCUT2D eigenvalue weighted by Crippen LogP contribution is 2.31. The first-order valence-corrected chi connectivity index (χ1v) is 11.4. The number of benzene rings is 1. The molecule has 1 fully saturated rings. The molecule has 1 aromatic heterocycles. The predicted octanol–water partition coefficient (Wildman–Crippen LogP) is 3.87. The van der Waals surface area contributed by atoms with Crippen molar-refractivity contribution in [2.24, 2.45) is 5.92 Å². The molecule has 8 heteroatoms. The van der Waals surface area contributed by atoms with Crippen LogP contribution in [0.5, 0.6) is 17.2 Å². The number of carbonyl (C=O) groups excluding carboxylic acids is 2. The van der Waals surface area contributed by atoms with E-state index in [-0.39, 0.29) is 29.2 Å². The zero-order chi connectivity index (χ0) is 23.8. The minimum Gasteiger partial charge on any atom is -0.503 e. The molecule has 0 radical (unpaired) electrons. The van der Waals surface area contributed by atoms with Gasteiger partial charge in [-0.05, 0) is 44.7 Å². The topological polar surface area (TPSA) is 107 Å². The number of hydrogen-bond acceptors (Lipinski definition) is 7. The Morgan fingerprint density at radius 1 is 1.09 bits per heavy atom. The van der Waals surface area contributed by atoms with Crippen LogP contribution >= 0.6 is 0 Å². The van der Waals surface area contributed by atoms with Crippen molar-refractivity contribution in [2.45, 2.75) is 64.2 Å². The number of carbonyl (C=O) groups is 2. The van der Waals surface area contributed by atoms with Gasteiger partial charge in [-0.1, -0.05) is 37.5 Å². The van der Waals surface area contributed by atoms with Crippen molar-refractivity contribution in [1.82, 2.24) is 10.3 Å². The van der Waals surface area contributed by atoms with E-state index in [1.807, 2.05) is 37.3 Å². The minimum absolute atomic E-state index is 0.118. The summed E-state index contributed by atoms with van der Waals surface area (Å²) in [5.41, 5.74) is -0.227. The second-order valence-electron chi connectivity index (χ2n) is 8.34. The summed E-state index contributed by atoms with van der Waals surface area (Å²) in [5.74, 6) is -0.544. The Balaban J connectivity index is 1.65. The van der Waals surface area contributed by atoms with Crippen LogP contribution in [0.15, 0.2) is 42.6 Å². The molecule has 33 heavy (non-hydrogen) atoms. The predicted molar refractivity (Wildman–Crippen MR) is 122 cm³/mol. The SMILES string of the molecule is COc1ccnc(C(=O)N[C@@H](C)C(=O)O[C@@H](C)[C@H](Oc2ccccc2)C2CCCCC2)c1O. The summed E-state index contributed by atoms with van der Waals surface area (Å²) in [6.45, 7) is 3.35. The number of aromatic hydroxyl groups is 1. The molecule has 1 aliphatic carbocycles. The van der Waals surface area contributed by atoms with Crippen LogP contribution in [0.25, 0.3) is 0 Å². The largest absolute Gasteiger partial charge is 0.503 e. The van der Waals surface area contributed by atoms with E-state index in [9.17, 15) is 14.7 Å². The fourth-order valence-electron chi connectivity index (χ4n) is 4.14. The van der Waals surface area contributed by atoms with E-state index in [0.717, 1.165) is 31.4 Å². The van der Waals surface area contributed by atoms with Crippen molar-refractivity contribution in [1.29, 1.82) is 0 Å². The number of nitrogens with one attached hydrogen (secondary N) is 1. The standard InChI is InChI=1S/C25H32N2O6/c1-16(27-24(29)21-22(28)20(31-3)14-15-26-21)25(30)32-17(2)23(18-10-6-4-7-11-18)33-19-12-8-5-9-13-19/h5,8-9,12-18,23,28H,4,6-7,10-11H2,1-3H3,(H,27,29)/t16-,17-,23-/m0/s1. The lowest BCUT2D eigenvalue weighted by atomic mass is 9.83. The molecule has 1 aliphatic rings. The summed E-state index contributed by atoms with van der Waals surface area (Å²) < 4.78 is 17.0. The molecule has 178 valence electrons. The molecule has 2 N–H and O–H groups in total. The Labute approximate surface area is 194 Å². The summed E-state index contributed by atoms with van der Waals surface area (Å²) in [6, 6.07) is 10.0. The average Bonchev–Trinajstić information content (AvgIpc) is 2.83. The number of aromatic nitrogens is 1. The first-order valence-electron chi connectivity index (χ1n) is 11.4. The maximum Gasteiger partial charge on any atom is 0.328 e. The van der Waals surface area contributed by atoms with E-state index < -0.39 is 24.0 Å². The fraction of sp³-hybridized carbons (Fsp3) is 0.480. The van der Waals surface area contributed by atoms with Crippen LogP contribution < -0.4 is 14.8 Å². The Hall–Kier alpha value is -3.29. The lowest BCUT2D eigenvalue weighted by Crippen LogP contribution is -2.45. The van der Waals surface area contributed by atoms with E-state index in [2.05, 4.69) is 10.3 Å². The van der Waals surface area contributed by atoms with Gasteiger partial charge in [0.2, 0.25) is 0 Å². The van der Waals surface area contributed by atoms with Gasteiger partial charge in [0.15, 0.2) is 17.2 Å². The second-order valence-corrected chi connectivity index (χ2v) is 8.34. The zero-order valence-corrected chi connectivity index (χ0v) is 19.3. The molecule has 3 rings (SSSR count). The van der Waals surface area contributed by atoms with Gasteiger partial charge in [0.1, 0.15) is 24.0 Å². The van der Waals surface area contributed by atoms with Gasteiger partial charge < -0.3 is 24.6 Å². The normalized spacial score (nSPS) is 16.8. The van der Waals surface area contributed by atoms with E-state index in [1.54, 1.807) is 0 Å². The monoisotopic (exact) mass is 456 g/mol. The van der Waals surface area contributed by atoms with Crippen molar-refractivity contribution >= 4 is 11.9 Å². The van der Waals surface area contributed by atoms with Crippen molar-refractivity contribution in [2.75, 3.05) is 7.11 Å². The lowest BCUT2D eigenvalue weighted by Gasteiger charge is -2.34. The van der Waals surface area contributed by atoms with Crippen molar-refractivity contribution in [3.63, 3.8) is 0 Å². The van der Waals surface area contributed by atoms with Crippen LogP contribution in [-0.4, -0.2) is 47.3 Å². The van der Waals surface area contributed by atoms with Gasteiger partial charge in [0.25, 0.3) is 5.91 Å². The summed E-state index contributed by atoms with van der Waals surface area (Å²) in [6.07, 6.45) is 6.05. The molecule has 1 saturated carbocycles. The zero-order valence-electron chi connectivity index (χ0n) is 19.3. The molecule has 3 atom stereocenters. The number of hydrogen-bond donors (Lipinski definition) is 2. The number of amides is 1. The Morgan fingerprint density at radius 2 is 1.79 bits per heavy atom. The van der Waals surface area contributed by atoms with Crippen molar-refractivity contribution in [3.05, 3.63) is 48.3 Å². The molecule has 0 bridgehead atoms. The Kier molecular flexibility index (Phi) is 8.52. The van der Waals surface area contributed by atoms with Gasteiger partial charge >= 0.3 is 5.97 Å². The molecule has 0 aliphatic heterocycles. The van der Waals surface area contributed by atoms with Crippen LogP contribution in [0.3, 0.4) is 0 Å². The number of rotatable bonds is 9. The molecule has 2 aromatic rings. The van der Waals surface area contributed by atoms with Crippen LogP contribution in [-0.2, 0) is 9.53 Å². The Morgan fingerprint density at radius 3 is 2.45 bits per heavy atom. The number of methoxy groups -OCH3 is 1. The van der Waals surface area contributed by atoms with Crippen LogP contribution in [0, 0.1) is 5.92 Å². The molecule has 0 saturated heterocycles. The van der Waals surface area contributed by atoms with Gasteiger partial charge in [-0.25, -0.2) is 9.78 Å². The molecule has 1 aromatic carbocycles. The van der Waals surface area contributed by atoms with Crippen molar-refractivity contribution in [3.8, 4) is 17.2 Å². The highest BCUT2D eigenvalue weighted by atomic mass is 16.6.